The molecule has 0 amide bonds. The van der Waals surface area contributed by atoms with E-state index in [9.17, 15) is 35.1 Å². The number of ether oxygens (including phenoxy) is 2. The van der Waals surface area contributed by atoms with Gasteiger partial charge >= 0.3 is 18.3 Å². The molecule has 96 valence electrons. The van der Waals surface area contributed by atoms with Crippen molar-refractivity contribution in [3.8, 4) is 0 Å². The third-order valence-electron chi connectivity index (χ3n) is 1.15. The molecule has 16 heavy (non-hydrogen) atoms. The van der Waals surface area contributed by atoms with E-state index in [1.807, 2.05) is 6.58 Å². The third-order valence-corrected chi connectivity index (χ3v) is 1.15. The zero-order valence-corrected chi connectivity index (χ0v) is 7.25. The summed E-state index contributed by atoms with van der Waals surface area (Å²) < 4.78 is 101. The van der Waals surface area contributed by atoms with E-state index in [2.05, 4.69) is 9.47 Å². The molecule has 0 heterocycles. The maximum Gasteiger partial charge on any atom is 0.478 e. The predicted molar refractivity (Wildman–Crippen MR) is 33.2 cm³/mol. The minimum Gasteiger partial charge on any atom is -0.285 e. The molecule has 0 spiro atoms. The molecule has 0 fully saturated rings. The summed E-state index contributed by atoms with van der Waals surface area (Å²) in [6.45, 7) is -0.484. The molecule has 0 aliphatic heterocycles. The number of hydrogen-bond acceptors (Lipinski definition) is 2. The van der Waals surface area contributed by atoms with E-state index in [-0.39, 0.29) is 0 Å². The Hall–Kier alpha value is -0.900. The molecule has 0 saturated heterocycles. The molecule has 1 atom stereocenters. The topological polar surface area (TPSA) is 18.5 Å². The summed E-state index contributed by atoms with van der Waals surface area (Å²) in [6.07, 6.45) is -11.4. The van der Waals surface area contributed by atoms with E-state index in [4.69, 9.17) is 0 Å². The number of halogens is 8. The van der Waals surface area contributed by atoms with Crippen molar-refractivity contribution in [2.75, 3.05) is 6.86 Å². The van der Waals surface area contributed by atoms with E-state index >= 15 is 0 Å². The van der Waals surface area contributed by atoms with Gasteiger partial charge in [-0.1, -0.05) is 6.58 Å². The zero-order valence-electron chi connectivity index (χ0n) is 7.25. The second kappa shape index (κ2) is 4.53. The third kappa shape index (κ3) is 3.30. The number of hydrogen-bond donors (Lipinski definition) is 0. The molecule has 0 aromatic rings. The van der Waals surface area contributed by atoms with Crippen molar-refractivity contribution >= 4 is 0 Å². The summed E-state index contributed by atoms with van der Waals surface area (Å²) in [5.41, 5.74) is 0. The van der Waals surface area contributed by atoms with Crippen LogP contribution in [0.2, 0.25) is 0 Å². The molecule has 1 unspecified atom stereocenters. The van der Waals surface area contributed by atoms with Crippen molar-refractivity contribution < 1.29 is 44.6 Å². The van der Waals surface area contributed by atoms with Gasteiger partial charge in [-0.2, -0.15) is 26.3 Å². The Kier molecular flexibility index (Phi) is 4.28. The molecule has 0 saturated carbocycles. The van der Waals surface area contributed by atoms with Gasteiger partial charge in [-0.25, -0.2) is 13.5 Å². The largest absolute Gasteiger partial charge is 0.478 e. The van der Waals surface area contributed by atoms with Crippen LogP contribution in [-0.2, 0) is 9.47 Å². The summed E-state index contributed by atoms with van der Waals surface area (Å²) in [4.78, 5) is 0. The smallest absolute Gasteiger partial charge is 0.285 e. The lowest BCUT2D eigenvalue weighted by Gasteiger charge is -2.28. The van der Waals surface area contributed by atoms with Crippen molar-refractivity contribution in [3.05, 3.63) is 12.4 Å². The van der Waals surface area contributed by atoms with Crippen LogP contribution >= 0.6 is 0 Å². The zero-order chi connectivity index (χ0) is 13.2. The minimum absolute atomic E-state index is 1.93. The Morgan fingerprint density at radius 3 is 1.75 bits per heavy atom. The van der Waals surface area contributed by atoms with Crippen molar-refractivity contribution in [3.63, 3.8) is 0 Å². The van der Waals surface area contributed by atoms with Crippen molar-refractivity contribution in [2.45, 2.75) is 18.3 Å². The predicted octanol–water partition coefficient (Wildman–Crippen LogP) is 3.21. The number of rotatable bonds is 5. The van der Waals surface area contributed by atoms with Crippen molar-refractivity contribution in [2.24, 2.45) is 0 Å². The van der Waals surface area contributed by atoms with Crippen molar-refractivity contribution in [1.82, 2.24) is 0 Å². The fraction of sp³-hybridized carbons (Fsp3) is 0.667. The lowest BCUT2D eigenvalue weighted by molar-refractivity contribution is -0.491. The molecule has 0 N–H and O–H groups in total. The lowest BCUT2D eigenvalue weighted by atomic mass is 10.5. The Balaban J connectivity index is 5.03. The summed E-state index contributed by atoms with van der Waals surface area (Å²) in [7, 11) is 0. The van der Waals surface area contributed by atoms with E-state index in [1.54, 1.807) is 0 Å². The van der Waals surface area contributed by atoms with Gasteiger partial charge < -0.3 is 0 Å². The molecule has 0 aromatic heterocycles. The van der Waals surface area contributed by atoms with Gasteiger partial charge in [0.2, 0.25) is 0 Å². The molecule has 0 aliphatic rings. The van der Waals surface area contributed by atoms with Crippen LogP contribution in [0.5, 0.6) is 0 Å². The Labute approximate surface area is 83.4 Å². The molecule has 0 aromatic carbocycles. The van der Waals surface area contributed by atoms with E-state index < -0.39 is 31.0 Å². The first-order valence-corrected chi connectivity index (χ1v) is 3.34. The highest BCUT2D eigenvalue weighted by Gasteiger charge is 2.65. The SMILES string of the molecule is C=C(F)C(F)(F)OC(F)(OCF)C(F)(F)F. The molecule has 10 heteroatoms. The van der Waals surface area contributed by atoms with Gasteiger partial charge in [0.1, 0.15) is 0 Å². The second-order valence-corrected chi connectivity index (χ2v) is 2.31. The average molecular weight is 260 g/mol. The van der Waals surface area contributed by atoms with Gasteiger partial charge in [-0.15, -0.1) is 0 Å². The number of alkyl halides is 7. The standard InChI is InChI=1S/C6H4F8O2/c1-3(8)4(9,10)16-6(14,15-2-7)5(11,12)13/h1-2H2. The minimum atomic E-state index is -6.14. The first-order chi connectivity index (χ1) is 6.96. The van der Waals surface area contributed by atoms with Gasteiger partial charge in [0, 0.05) is 0 Å². The summed E-state index contributed by atoms with van der Waals surface area (Å²) in [5.74, 6) is -2.69. The highest BCUT2D eigenvalue weighted by Crippen LogP contribution is 2.42. The summed E-state index contributed by atoms with van der Waals surface area (Å²) >= 11 is 0. The molecular formula is C6H4F8O2. The fourth-order valence-electron chi connectivity index (χ4n) is 0.460. The fourth-order valence-corrected chi connectivity index (χ4v) is 0.460. The van der Waals surface area contributed by atoms with Gasteiger partial charge in [0.05, 0.1) is 0 Å². The van der Waals surface area contributed by atoms with Crippen LogP contribution in [0, 0.1) is 0 Å². The molecule has 0 rings (SSSR count). The van der Waals surface area contributed by atoms with Gasteiger partial charge in [-0.05, 0) is 0 Å². The van der Waals surface area contributed by atoms with Crippen LogP contribution in [0.15, 0.2) is 12.4 Å². The van der Waals surface area contributed by atoms with Crippen LogP contribution in [0.25, 0.3) is 0 Å². The molecule has 0 bridgehead atoms. The van der Waals surface area contributed by atoms with Crippen LogP contribution in [0.4, 0.5) is 35.1 Å². The first kappa shape index (κ1) is 15.1. The van der Waals surface area contributed by atoms with E-state index in [0.29, 0.717) is 0 Å². The molecule has 2 nitrogen and oxygen atoms in total. The monoisotopic (exact) mass is 260 g/mol. The van der Waals surface area contributed by atoms with Gasteiger partial charge in [-0.3, -0.25) is 4.74 Å². The Morgan fingerprint density at radius 1 is 1.06 bits per heavy atom. The van der Waals surface area contributed by atoms with Gasteiger partial charge in [0.15, 0.2) is 12.7 Å². The highest BCUT2D eigenvalue weighted by atomic mass is 19.4. The average Bonchev–Trinajstić information content (AvgIpc) is 2.00. The van der Waals surface area contributed by atoms with Crippen LogP contribution < -0.4 is 0 Å². The molecule has 0 radical (unpaired) electrons. The van der Waals surface area contributed by atoms with E-state index in [1.165, 1.54) is 0 Å². The van der Waals surface area contributed by atoms with Crippen molar-refractivity contribution in [1.29, 1.82) is 0 Å². The van der Waals surface area contributed by atoms with Crippen LogP contribution in [0.3, 0.4) is 0 Å². The Bertz CT molecular complexity index is 262. The van der Waals surface area contributed by atoms with E-state index in [0.717, 1.165) is 0 Å². The normalized spacial score (nSPS) is 17.0. The molecule has 0 aliphatic carbocycles. The Morgan fingerprint density at radius 2 is 1.50 bits per heavy atom. The summed E-state index contributed by atoms with van der Waals surface area (Å²) in [5, 5.41) is 0. The summed E-state index contributed by atoms with van der Waals surface area (Å²) in [6, 6.07) is -5.47. The maximum atomic E-state index is 12.7. The quantitative estimate of drug-likeness (QED) is 0.558. The second-order valence-electron chi connectivity index (χ2n) is 2.31. The van der Waals surface area contributed by atoms with Crippen LogP contribution in [-0.4, -0.2) is 25.2 Å². The first-order valence-electron chi connectivity index (χ1n) is 3.34. The molecular weight excluding hydrogens is 256 g/mol. The van der Waals surface area contributed by atoms with Crippen LogP contribution in [0.1, 0.15) is 0 Å². The van der Waals surface area contributed by atoms with Gasteiger partial charge in [0.25, 0.3) is 0 Å². The maximum absolute atomic E-state index is 12.7. The highest BCUT2D eigenvalue weighted by molar-refractivity contribution is 4.92. The lowest BCUT2D eigenvalue weighted by Crippen LogP contribution is -2.50.